The number of aldehydes is 1. The topological polar surface area (TPSA) is 56.0 Å². The fourth-order valence-electron chi connectivity index (χ4n) is 0.564. The third kappa shape index (κ3) is 1.25. The molecule has 0 atom stereocenters. The third-order valence-electron chi connectivity index (χ3n) is 1.03. The first-order valence-electron chi connectivity index (χ1n) is 2.60. The maximum atomic E-state index is 10.2. The normalized spacial score (nSPS) is 9.30. The Morgan fingerprint density at radius 2 is 2.40 bits per heavy atom. The molecule has 3 nitrogen and oxygen atoms in total. The summed E-state index contributed by atoms with van der Waals surface area (Å²) in [5.41, 5.74) is 5.89. The number of hydrogen-bond donors (Lipinski definition) is 1. The van der Waals surface area contributed by atoms with Gasteiger partial charge >= 0.3 is 0 Å². The van der Waals surface area contributed by atoms with Crippen LogP contribution in [0.4, 0.5) is 5.69 Å². The first-order valence-corrected chi connectivity index (χ1v) is 2.98. The van der Waals surface area contributed by atoms with E-state index in [1.807, 2.05) is 0 Å². The lowest BCUT2D eigenvalue weighted by Gasteiger charge is -1.95. The van der Waals surface area contributed by atoms with E-state index < -0.39 is 0 Å². The predicted octanol–water partition coefficient (Wildman–Crippen LogP) is 1.13. The summed E-state index contributed by atoms with van der Waals surface area (Å²) in [7, 11) is 0. The number of carbonyl (C=O) groups excluding carboxylic acids is 1. The van der Waals surface area contributed by atoms with Crippen molar-refractivity contribution in [2.45, 2.75) is 0 Å². The van der Waals surface area contributed by atoms with Gasteiger partial charge in [-0.2, -0.15) is 0 Å². The number of carbonyl (C=O) groups is 1. The summed E-state index contributed by atoms with van der Waals surface area (Å²) >= 11 is 5.52. The standard InChI is InChI=1S/C6H5ClN2O/c7-4-1-5(8)6(3-10)9-2-4/h1-3H,8H2. The van der Waals surface area contributed by atoms with E-state index in [1.54, 1.807) is 0 Å². The number of anilines is 1. The van der Waals surface area contributed by atoms with Gasteiger partial charge in [0.25, 0.3) is 0 Å². The molecule has 1 heterocycles. The molecule has 0 bridgehead atoms. The maximum absolute atomic E-state index is 10.2. The van der Waals surface area contributed by atoms with E-state index in [1.165, 1.54) is 12.3 Å². The quantitative estimate of drug-likeness (QED) is 0.621. The van der Waals surface area contributed by atoms with Crippen LogP contribution in [0, 0.1) is 0 Å². The molecule has 0 amide bonds. The van der Waals surface area contributed by atoms with Gasteiger partial charge in [-0.05, 0) is 6.07 Å². The van der Waals surface area contributed by atoms with Crippen LogP contribution in [0.1, 0.15) is 10.5 Å². The van der Waals surface area contributed by atoms with Crippen LogP contribution in [0.15, 0.2) is 12.3 Å². The molecule has 4 heteroatoms. The van der Waals surface area contributed by atoms with Gasteiger partial charge in [0.05, 0.1) is 10.7 Å². The molecule has 0 saturated heterocycles. The van der Waals surface area contributed by atoms with Gasteiger partial charge in [0.2, 0.25) is 0 Å². The first-order chi connectivity index (χ1) is 4.74. The number of halogens is 1. The third-order valence-corrected chi connectivity index (χ3v) is 1.23. The predicted molar refractivity (Wildman–Crippen MR) is 39.0 cm³/mol. The molecule has 0 aromatic carbocycles. The summed E-state index contributed by atoms with van der Waals surface area (Å²) in [5, 5.41) is 0.433. The minimum atomic E-state index is 0.226. The molecule has 0 saturated carbocycles. The van der Waals surface area contributed by atoms with Crippen LogP contribution in [0.25, 0.3) is 0 Å². The molecule has 1 rings (SSSR count). The lowest BCUT2D eigenvalue weighted by Crippen LogP contribution is -1.95. The van der Waals surface area contributed by atoms with E-state index in [0.29, 0.717) is 17.0 Å². The second-order valence-corrected chi connectivity index (χ2v) is 2.18. The van der Waals surface area contributed by atoms with E-state index >= 15 is 0 Å². The van der Waals surface area contributed by atoms with Gasteiger partial charge in [0.15, 0.2) is 6.29 Å². The fourth-order valence-corrected chi connectivity index (χ4v) is 0.730. The van der Waals surface area contributed by atoms with Gasteiger partial charge in [-0.1, -0.05) is 11.6 Å². The molecule has 52 valence electrons. The SMILES string of the molecule is Nc1cc(Cl)cnc1C=O. The number of nitrogens with two attached hydrogens (primary N) is 1. The molecule has 10 heavy (non-hydrogen) atoms. The second kappa shape index (κ2) is 2.66. The second-order valence-electron chi connectivity index (χ2n) is 1.75. The van der Waals surface area contributed by atoms with Gasteiger partial charge in [0.1, 0.15) is 5.69 Å². The highest BCUT2D eigenvalue weighted by Gasteiger charge is 1.97. The zero-order chi connectivity index (χ0) is 7.56. The van der Waals surface area contributed by atoms with Crippen molar-refractivity contribution < 1.29 is 4.79 Å². The summed E-state index contributed by atoms with van der Waals surface area (Å²) in [6, 6.07) is 1.48. The van der Waals surface area contributed by atoms with E-state index in [-0.39, 0.29) is 5.69 Å². The number of aromatic nitrogens is 1. The van der Waals surface area contributed by atoms with Gasteiger partial charge in [-0.15, -0.1) is 0 Å². The fraction of sp³-hybridized carbons (Fsp3) is 0. The highest BCUT2D eigenvalue weighted by atomic mass is 35.5. The van der Waals surface area contributed by atoms with Crippen molar-refractivity contribution in [3.05, 3.63) is 23.0 Å². The Morgan fingerprint density at radius 1 is 1.70 bits per heavy atom. The zero-order valence-corrected chi connectivity index (χ0v) is 5.80. The lowest BCUT2D eigenvalue weighted by molar-refractivity contribution is 0.112. The van der Waals surface area contributed by atoms with Crippen LogP contribution in [0.2, 0.25) is 5.02 Å². The zero-order valence-electron chi connectivity index (χ0n) is 5.04. The summed E-state index contributed by atoms with van der Waals surface area (Å²) in [6.07, 6.45) is 1.97. The number of rotatable bonds is 1. The van der Waals surface area contributed by atoms with Gasteiger partial charge in [-0.25, -0.2) is 4.98 Å². The number of nitrogen functional groups attached to an aromatic ring is 1. The number of nitrogens with zero attached hydrogens (tertiary/aromatic N) is 1. The van der Waals surface area contributed by atoms with E-state index in [9.17, 15) is 4.79 Å². The summed E-state index contributed by atoms with van der Waals surface area (Å²) < 4.78 is 0. The molecule has 2 N–H and O–H groups in total. The van der Waals surface area contributed by atoms with E-state index in [0.717, 1.165) is 0 Å². The Kier molecular flexibility index (Phi) is 1.87. The largest absolute Gasteiger partial charge is 0.397 e. The molecule has 0 spiro atoms. The van der Waals surface area contributed by atoms with Crippen molar-refractivity contribution in [3.63, 3.8) is 0 Å². The highest BCUT2D eigenvalue weighted by Crippen LogP contribution is 2.12. The van der Waals surface area contributed by atoms with Crippen LogP contribution >= 0.6 is 11.6 Å². The van der Waals surface area contributed by atoms with Gasteiger partial charge < -0.3 is 5.73 Å². The molecule has 0 fully saturated rings. The van der Waals surface area contributed by atoms with E-state index in [4.69, 9.17) is 17.3 Å². The van der Waals surface area contributed by atoms with Crippen molar-refractivity contribution >= 4 is 23.6 Å². The number of pyridine rings is 1. The Hall–Kier alpha value is -1.09. The lowest BCUT2D eigenvalue weighted by atomic mass is 10.3. The average molecular weight is 157 g/mol. The monoisotopic (exact) mass is 156 g/mol. The van der Waals surface area contributed by atoms with Gasteiger partial charge in [0, 0.05) is 6.20 Å². The van der Waals surface area contributed by atoms with Crippen LogP contribution in [0.5, 0.6) is 0 Å². The molecular weight excluding hydrogens is 152 g/mol. The molecule has 0 aliphatic carbocycles. The molecule has 0 aliphatic heterocycles. The van der Waals surface area contributed by atoms with Crippen molar-refractivity contribution in [3.8, 4) is 0 Å². The summed E-state index contributed by atoms with van der Waals surface area (Å²) in [4.78, 5) is 13.8. The Bertz CT molecular complexity index is 262. The summed E-state index contributed by atoms with van der Waals surface area (Å²) in [6.45, 7) is 0. The molecule has 0 unspecified atom stereocenters. The number of hydrogen-bond acceptors (Lipinski definition) is 3. The van der Waals surface area contributed by atoms with Crippen molar-refractivity contribution in [1.29, 1.82) is 0 Å². The Labute approximate surface area is 62.8 Å². The van der Waals surface area contributed by atoms with Crippen LogP contribution in [-0.4, -0.2) is 11.3 Å². The minimum absolute atomic E-state index is 0.226. The van der Waals surface area contributed by atoms with Gasteiger partial charge in [-0.3, -0.25) is 4.79 Å². The Morgan fingerprint density at radius 3 is 2.90 bits per heavy atom. The van der Waals surface area contributed by atoms with Crippen LogP contribution < -0.4 is 5.73 Å². The summed E-state index contributed by atoms with van der Waals surface area (Å²) in [5.74, 6) is 0. The average Bonchev–Trinajstić information content (AvgIpc) is 1.88. The molecule has 0 aliphatic rings. The Balaban J connectivity index is 3.19. The first kappa shape index (κ1) is 7.02. The van der Waals surface area contributed by atoms with Crippen LogP contribution in [-0.2, 0) is 0 Å². The molecular formula is C6H5ClN2O. The maximum Gasteiger partial charge on any atom is 0.170 e. The van der Waals surface area contributed by atoms with Crippen molar-refractivity contribution in [2.75, 3.05) is 5.73 Å². The van der Waals surface area contributed by atoms with E-state index in [2.05, 4.69) is 4.98 Å². The van der Waals surface area contributed by atoms with Crippen molar-refractivity contribution in [1.82, 2.24) is 4.98 Å². The molecule has 1 aromatic rings. The highest BCUT2D eigenvalue weighted by molar-refractivity contribution is 6.30. The molecule has 1 aromatic heterocycles. The minimum Gasteiger partial charge on any atom is -0.397 e. The smallest absolute Gasteiger partial charge is 0.170 e. The molecule has 0 radical (unpaired) electrons. The van der Waals surface area contributed by atoms with Crippen molar-refractivity contribution in [2.24, 2.45) is 0 Å². The van der Waals surface area contributed by atoms with Crippen LogP contribution in [0.3, 0.4) is 0 Å².